The summed E-state index contributed by atoms with van der Waals surface area (Å²) < 4.78 is 5.03. The highest BCUT2D eigenvalue weighted by Gasteiger charge is 2.03. The van der Waals surface area contributed by atoms with E-state index in [-0.39, 0.29) is 5.97 Å². The molecule has 0 spiro atoms. The van der Waals surface area contributed by atoms with Crippen molar-refractivity contribution in [1.82, 2.24) is 0 Å². The average Bonchev–Trinajstić information content (AvgIpc) is 2.14. The predicted molar refractivity (Wildman–Crippen MR) is 54.5 cm³/mol. The van der Waals surface area contributed by atoms with Crippen LogP contribution in [-0.4, -0.2) is 12.6 Å². The van der Waals surface area contributed by atoms with Crippen LogP contribution in [0.2, 0.25) is 0 Å². The summed E-state index contributed by atoms with van der Waals surface area (Å²) in [7, 11) is 0. The molecule has 76 valence electrons. The summed E-state index contributed by atoms with van der Waals surface area (Å²) in [5.41, 5.74) is 0.734. The number of hydrogen-bond acceptors (Lipinski definition) is 2. The Morgan fingerprint density at radius 2 is 2.00 bits per heavy atom. The molecule has 0 aromatic rings. The summed E-state index contributed by atoms with van der Waals surface area (Å²) in [5, 5.41) is 0. The van der Waals surface area contributed by atoms with Crippen LogP contribution < -0.4 is 0 Å². The van der Waals surface area contributed by atoms with E-state index in [2.05, 4.69) is 13.8 Å². The molecule has 0 aromatic heterocycles. The smallest absolute Gasteiger partial charge is 0.333 e. The minimum absolute atomic E-state index is 0.165. The zero-order valence-electron chi connectivity index (χ0n) is 8.93. The highest BCUT2D eigenvalue weighted by Crippen LogP contribution is 2.01. The summed E-state index contributed by atoms with van der Waals surface area (Å²) >= 11 is 0. The number of rotatable bonds is 6. The Morgan fingerprint density at radius 1 is 1.31 bits per heavy atom. The van der Waals surface area contributed by atoms with Gasteiger partial charge >= 0.3 is 5.97 Å². The van der Waals surface area contributed by atoms with Crippen LogP contribution in [0.3, 0.4) is 0 Å². The van der Waals surface area contributed by atoms with Crippen molar-refractivity contribution >= 4 is 5.97 Å². The van der Waals surface area contributed by atoms with Gasteiger partial charge in [0.1, 0.15) is 0 Å². The van der Waals surface area contributed by atoms with Gasteiger partial charge in [0.2, 0.25) is 0 Å². The van der Waals surface area contributed by atoms with Gasteiger partial charge in [-0.3, -0.25) is 0 Å². The first-order chi connectivity index (χ1) is 6.22. The van der Waals surface area contributed by atoms with E-state index >= 15 is 0 Å². The van der Waals surface area contributed by atoms with Crippen LogP contribution in [0, 0.1) is 0 Å². The maximum atomic E-state index is 11.2. The molecule has 0 atom stereocenters. The summed E-state index contributed by atoms with van der Waals surface area (Å²) in [4.78, 5) is 11.2. The number of carbonyl (C=O) groups excluding carboxylic acids is 1. The molecule has 0 fully saturated rings. The molecule has 0 heterocycles. The summed E-state index contributed by atoms with van der Waals surface area (Å²) in [6, 6.07) is 0. The van der Waals surface area contributed by atoms with Crippen molar-refractivity contribution < 1.29 is 9.53 Å². The second-order valence-electron chi connectivity index (χ2n) is 3.17. The standard InChI is InChI=1S/C11H20O2/c1-4-6-8-10(3)11(12)13-9-7-5-2/h8H,4-7,9H2,1-3H3. The molecule has 0 aliphatic carbocycles. The number of allylic oxidation sites excluding steroid dienone is 1. The SMILES string of the molecule is CCCC=C(C)C(=O)OCCCC. The van der Waals surface area contributed by atoms with Crippen LogP contribution in [0.5, 0.6) is 0 Å². The van der Waals surface area contributed by atoms with Gasteiger partial charge in [0.15, 0.2) is 0 Å². The van der Waals surface area contributed by atoms with Crippen LogP contribution in [0.25, 0.3) is 0 Å². The number of carbonyl (C=O) groups is 1. The van der Waals surface area contributed by atoms with Crippen LogP contribution in [0.1, 0.15) is 46.5 Å². The highest BCUT2D eigenvalue weighted by molar-refractivity contribution is 5.87. The highest BCUT2D eigenvalue weighted by atomic mass is 16.5. The third-order valence-electron chi connectivity index (χ3n) is 1.79. The Bertz CT molecular complexity index is 171. The van der Waals surface area contributed by atoms with E-state index in [1.165, 1.54) is 0 Å². The van der Waals surface area contributed by atoms with Crippen molar-refractivity contribution in [2.24, 2.45) is 0 Å². The lowest BCUT2D eigenvalue weighted by molar-refractivity contribution is -0.139. The molecule has 0 saturated heterocycles. The lowest BCUT2D eigenvalue weighted by atomic mass is 10.2. The van der Waals surface area contributed by atoms with Gasteiger partial charge < -0.3 is 4.74 Å². The molecule has 0 rings (SSSR count). The number of ether oxygens (including phenoxy) is 1. The van der Waals surface area contributed by atoms with E-state index in [9.17, 15) is 4.79 Å². The van der Waals surface area contributed by atoms with Gasteiger partial charge in [-0.25, -0.2) is 4.79 Å². The topological polar surface area (TPSA) is 26.3 Å². The molecule has 0 unspecified atom stereocenters. The second-order valence-corrected chi connectivity index (χ2v) is 3.17. The van der Waals surface area contributed by atoms with Gasteiger partial charge in [-0.2, -0.15) is 0 Å². The number of esters is 1. The molecule has 0 saturated carbocycles. The fraction of sp³-hybridized carbons (Fsp3) is 0.727. The Balaban J connectivity index is 3.69. The molecule has 0 aliphatic heterocycles. The van der Waals surface area contributed by atoms with E-state index < -0.39 is 0 Å². The molecular weight excluding hydrogens is 164 g/mol. The third kappa shape index (κ3) is 6.38. The van der Waals surface area contributed by atoms with E-state index in [1.807, 2.05) is 13.0 Å². The summed E-state index contributed by atoms with van der Waals surface area (Å²) in [6.45, 7) is 6.52. The largest absolute Gasteiger partial charge is 0.462 e. The zero-order chi connectivity index (χ0) is 10.1. The molecule has 0 aliphatic rings. The van der Waals surface area contributed by atoms with Gasteiger partial charge in [0.05, 0.1) is 6.61 Å². The molecule has 2 heteroatoms. The average molecular weight is 184 g/mol. The minimum Gasteiger partial charge on any atom is -0.462 e. The quantitative estimate of drug-likeness (QED) is 0.360. The summed E-state index contributed by atoms with van der Waals surface area (Å²) in [6.07, 6.45) is 5.97. The molecule has 0 bridgehead atoms. The lowest BCUT2D eigenvalue weighted by Crippen LogP contribution is -2.06. The van der Waals surface area contributed by atoms with Crippen molar-refractivity contribution in [2.45, 2.75) is 46.5 Å². The van der Waals surface area contributed by atoms with Crippen LogP contribution in [0.4, 0.5) is 0 Å². The van der Waals surface area contributed by atoms with Crippen molar-refractivity contribution in [1.29, 1.82) is 0 Å². The van der Waals surface area contributed by atoms with Crippen LogP contribution >= 0.6 is 0 Å². The van der Waals surface area contributed by atoms with Crippen molar-refractivity contribution in [2.75, 3.05) is 6.61 Å². The van der Waals surface area contributed by atoms with Gasteiger partial charge in [-0.15, -0.1) is 0 Å². The fourth-order valence-corrected chi connectivity index (χ4v) is 0.867. The van der Waals surface area contributed by atoms with Crippen molar-refractivity contribution in [3.05, 3.63) is 11.6 Å². The molecule has 0 amide bonds. The number of unbranched alkanes of at least 4 members (excludes halogenated alkanes) is 2. The van der Waals surface area contributed by atoms with Crippen molar-refractivity contribution in [3.63, 3.8) is 0 Å². The van der Waals surface area contributed by atoms with Gasteiger partial charge in [-0.1, -0.05) is 32.8 Å². The molecule has 0 radical (unpaired) electrons. The first-order valence-electron chi connectivity index (χ1n) is 5.06. The van der Waals surface area contributed by atoms with Gasteiger partial charge in [0.25, 0.3) is 0 Å². The molecular formula is C11H20O2. The maximum Gasteiger partial charge on any atom is 0.333 e. The Hall–Kier alpha value is -0.790. The Labute approximate surface area is 81.0 Å². The lowest BCUT2D eigenvalue weighted by Gasteiger charge is -2.03. The van der Waals surface area contributed by atoms with Crippen LogP contribution in [-0.2, 0) is 9.53 Å². The molecule has 13 heavy (non-hydrogen) atoms. The van der Waals surface area contributed by atoms with E-state index in [0.29, 0.717) is 6.61 Å². The zero-order valence-corrected chi connectivity index (χ0v) is 8.93. The maximum absolute atomic E-state index is 11.2. The van der Waals surface area contributed by atoms with E-state index in [1.54, 1.807) is 0 Å². The van der Waals surface area contributed by atoms with Gasteiger partial charge in [0, 0.05) is 5.57 Å². The summed E-state index contributed by atoms with van der Waals surface area (Å²) in [5.74, 6) is -0.165. The minimum atomic E-state index is -0.165. The van der Waals surface area contributed by atoms with Crippen molar-refractivity contribution in [3.8, 4) is 0 Å². The van der Waals surface area contributed by atoms with E-state index in [0.717, 1.165) is 31.3 Å². The van der Waals surface area contributed by atoms with Crippen LogP contribution in [0.15, 0.2) is 11.6 Å². The third-order valence-corrected chi connectivity index (χ3v) is 1.79. The Kier molecular flexibility index (Phi) is 7.36. The molecule has 2 nitrogen and oxygen atoms in total. The normalized spacial score (nSPS) is 11.5. The predicted octanol–water partition coefficient (Wildman–Crippen LogP) is 3.08. The first kappa shape index (κ1) is 12.2. The van der Waals surface area contributed by atoms with E-state index in [4.69, 9.17) is 4.74 Å². The monoisotopic (exact) mass is 184 g/mol. The molecule has 0 N–H and O–H groups in total. The van der Waals surface area contributed by atoms with Gasteiger partial charge in [-0.05, 0) is 19.8 Å². The number of hydrogen-bond donors (Lipinski definition) is 0. The first-order valence-corrected chi connectivity index (χ1v) is 5.06. The molecule has 0 aromatic carbocycles. The fourth-order valence-electron chi connectivity index (χ4n) is 0.867. The second kappa shape index (κ2) is 7.84. The Morgan fingerprint density at radius 3 is 2.54 bits per heavy atom.